The smallest absolute Gasteiger partial charge is 0.357 e. The van der Waals surface area contributed by atoms with Gasteiger partial charge < -0.3 is 9.47 Å². The Morgan fingerprint density at radius 2 is 1.65 bits per heavy atom. The molecule has 20 heavy (non-hydrogen) atoms. The summed E-state index contributed by atoms with van der Waals surface area (Å²) in [7, 11) is 0. The van der Waals surface area contributed by atoms with E-state index in [4.69, 9.17) is 9.47 Å². The van der Waals surface area contributed by atoms with Gasteiger partial charge in [-0.1, -0.05) is 20.8 Å². The summed E-state index contributed by atoms with van der Waals surface area (Å²) >= 11 is 0. The molecule has 0 N–H and O–H groups in total. The fourth-order valence-corrected chi connectivity index (χ4v) is 1.56. The van der Waals surface area contributed by atoms with Crippen LogP contribution in [0, 0.1) is 0 Å². The van der Waals surface area contributed by atoms with Gasteiger partial charge in [-0.25, -0.2) is 14.6 Å². The van der Waals surface area contributed by atoms with Crippen LogP contribution < -0.4 is 0 Å². The Kier molecular flexibility index (Phi) is 6.70. The summed E-state index contributed by atoms with van der Waals surface area (Å²) in [6.07, 6.45) is 3.75. The SMILES string of the molecule is CCCOC(=O)c1cc(CC)cnc1C(=O)OCCC. The fourth-order valence-electron chi connectivity index (χ4n) is 1.56. The second-order valence-electron chi connectivity index (χ2n) is 4.37. The molecule has 0 bridgehead atoms. The number of esters is 2. The molecule has 0 aliphatic rings. The van der Waals surface area contributed by atoms with E-state index in [0.717, 1.165) is 18.4 Å². The van der Waals surface area contributed by atoms with E-state index in [9.17, 15) is 9.59 Å². The number of aryl methyl sites for hydroxylation is 1. The van der Waals surface area contributed by atoms with Crippen LogP contribution >= 0.6 is 0 Å². The molecule has 0 amide bonds. The molecule has 0 spiro atoms. The summed E-state index contributed by atoms with van der Waals surface area (Å²) in [4.78, 5) is 28.0. The van der Waals surface area contributed by atoms with Gasteiger partial charge in [0.25, 0.3) is 0 Å². The molecule has 1 heterocycles. The molecule has 0 atom stereocenters. The number of rotatable bonds is 7. The lowest BCUT2D eigenvalue weighted by Gasteiger charge is -2.09. The van der Waals surface area contributed by atoms with Crippen LogP contribution in [0.1, 0.15) is 60.0 Å². The molecule has 0 saturated carbocycles. The Balaban J connectivity index is 3.03. The summed E-state index contributed by atoms with van der Waals surface area (Å²) in [6, 6.07) is 1.65. The summed E-state index contributed by atoms with van der Waals surface area (Å²) in [5.41, 5.74) is 1.08. The number of hydrogen-bond acceptors (Lipinski definition) is 5. The first kappa shape index (κ1) is 16.1. The lowest BCUT2D eigenvalue weighted by atomic mass is 10.1. The number of carbonyl (C=O) groups is 2. The lowest BCUT2D eigenvalue weighted by molar-refractivity contribution is 0.0452. The Morgan fingerprint density at radius 3 is 2.20 bits per heavy atom. The molecule has 0 aliphatic heterocycles. The maximum Gasteiger partial charge on any atom is 0.357 e. The van der Waals surface area contributed by atoms with E-state index in [-0.39, 0.29) is 11.3 Å². The average Bonchev–Trinajstić information content (AvgIpc) is 2.49. The maximum absolute atomic E-state index is 12.0. The van der Waals surface area contributed by atoms with Crippen LogP contribution in [-0.4, -0.2) is 30.1 Å². The van der Waals surface area contributed by atoms with Gasteiger partial charge >= 0.3 is 11.9 Å². The lowest BCUT2D eigenvalue weighted by Crippen LogP contribution is -2.17. The third-order valence-electron chi connectivity index (χ3n) is 2.64. The first-order chi connectivity index (χ1) is 9.63. The van der Waals surface area contributed by atoms with E-state index in [1.807, 2.05) is 20.8 Å². The number of ether oxygens (including phenoxy) is 2. The van der Waals surface area contributed by atoms with Gasteiger partial charge in [0.2, 0.25) is 0 Å². The first-order valence-corrected chi connectivity index (χ1v) is 6.97. The maximum atomic E-state index is 12.0. The molecule has 1 aromatic rings. The second-order valence-corrected chi connectivity index (χ2v) is 4.37. The molecule has 1 rings (SSSR count). The van der Waals surface area contributed by atoms with Crippen LogP contribution in [0.4, 0.5) is 0 Å². The van der Waals surface area contributed by atoms with E-state index in [1.165, 1.54) is 0 Å². The normalized spacial score (nSPS) is 10.2. The Labute approximate surface area is 119 Å². The zero-order valence-corrected chi connectivity index (χ0v) is 12.3. The van der Waals surface area contributed by atoms with Crippen molar-refractivity contribution in [2.24, 2.45) is 0 Å². The average molecular weight is 279 g/mol. The van der Waals surface area contributed by atoms with E-state index in [0.29, 0.717) is 19.6 Å². The van der Waals surface area contributed by atoms with Gasteiger partial charge in [-0.05, 0) is 30.9 Å². The standard InChI is InChI=1S/C15H21NO4/c1-4-7-19-14(17)12-9-11(6-3)10-16-13(12)15(18)20-8-5-2/h9-10H,4-8H2,1-3H3. The Hall–Kier alpha value is -1.91. The number of hydrogen-bond donors (Lipinski definition) is 0. The van der Waals surface area contributed by atoms with Crippen LogP contribution in [0.2, 0.25) is 0 Å². The molecule has 0 fully saturated rings. The number of pyridine rings is 1. The van der Waals surface area contributed by atoms with Gasteiger partial charge in [0.15, 0.2) is 5.69 Å². The van der Waals surface area contributed by atoms with Crippen molar-refractivity contribution in [2.75, 3.05) is 13.2 Å². The summed E-state index contributed by atoms with van der Waals surface area (Å²) in [5.74, 6) is -1.11. The molecule has 1 aromatic heterocycles. The minimum absolute atomic E-state index is 0.0248. The largest absolute Gasteiger partial charge is 0.462 e. The molecule has 110 valence electrons. The molecular formula is C15H21NO4. The summed E-state index contributed by atoms with van der Waals surface area (Å²) in [5, 5.41) is 0. The molecular weight excluding hydrogens is 258 g/mol. The third-order valence-corrected chi connectivity index (χ3v) is 2.64. The van der Waals surface area contributed by atoms with Crippen molar-refractivity contribution < 1.29 is 19.1 Å². The third kappa shape index (κ3) is 4.33. The van der Waals surface area contributed by atoms with Crippen molar-refractivity contribution in [2.45, 2.75) is 40.0 Å². The van der Waals surface area contributed by atoms with Gasteiger partial charge in [-0.2, -0.15) is 0 Å². The van der Waals surface area contributed by atoms with Crippen molar-refractivity contribution in [1.82, 2.24) is 4.98 Å². The summed E-state index contributed by atoms with van der Waals surface area (Å²) < 4.78 is 10.1. The van der Waals surface area contributed by atoms with Gasteiger partial charge in [-0.3, -0.25) is 0 Å². The van der Waals surface area contributed by atoms with Crippen LogP contribution in [0.3, 0.4) is 0 Å². The quantitative estimate of drug-likeness (QED) is 0.718. The molecule has 0 saturated heterocycles. The van der Waals surface area contributed by atoms with Gasteiger partial charge in [-0.15, -0.1) is 0 Å². The van der Waals surface area contributed by atoms with Crippen LogP contribution in [-0.2, 0) is 15.9 Å². The van der Waals surface area contributed by atoms with Gasteiger partial charge in [0.1, 0.15) is 0 Å². The zero-order chi connectivity index (χ0) is 15.0. The highest BCUT2D eigenvalue weighted by atomic mass is 16.5. The minimum Gasteiger partial charge on any atom is -0.462 e. The van der Waals surface area contributed by atoms with Crippen molar-refractivity contribution >= 4 is 11.9 Å². The predicted molar refractivity (Wildman–Crippen MR) is 74.8 cm³/mol. The van der Waals surface area contributed by atoms with Crippen LogP contribution in [0.15, 0.2) is 12.3 Å². The van der Waals surface area contributed by atoms with E-state index < -0.39 is 11.9 Å². The molecule has 0 aliphatic carbocycles. The van der Waals surface area contributed by atoms with Crippen molar-refractivity contribution in [1.29, 1.82) is 0 Å². The molecule has 0 aromatic carbocycles. The number of nitrogens with zero attached hydrogens (tertiary/aromatic N) is 1. The molecule has 0 radical (unpaired) electrons. The fraction of sp³-hybridized carbons (Fsp3) is 0.533. The Bertz CT molecular complexity index is 471. The highest BCUT2D eigenvalue weighted by Gasteiger charge is 2.21. The van der Waals surface area contributed by atoms with Crippen molar-refractivity contribution in [3.05, 3.63) is 29.1 Å². The van der Waals surface area contributed by atoms with Gasteiger partial charge in [0, 0.05) is 6.20 Å². The topological polar surface area (TPSA) is 65.5 Å². The van der Waals surface area contributed by atoms with Gasteiger partial charge in [0.05, 0.1) is 18.8 Å². The highest BCUT2D eigenvalue weighted by Crippen LogP contribution is 2.13. The van der Waals surface area contributed by atoms with E-state index >= 15 is 0 Å². The van der Waals surface area contributed by atoms with E-state index in [1.54, 1.807) is 12.3 Å². The highest BCUT2D eigenvalue weighted by molar-refractivity contribution is 6.01. The molecule has 5 heteroatoms. The molecule has 0 unspecified atom stereocenters. The number of aromatic nitrogens is 1. The summed E-state index contributed by atoms with van der Waals surface area (Å²) in [6.45, 7) is 6.38. The van der Waals surface area contributed by atoms with Crippen LogP contribution in [0.5, 0.6) is 0 Å². The Morgan fingerprint density at radius 1 is 1.05 bits per heavy atom. The van der Waals surface area contributed by atoms with Crippen molar-refractivity contribution in [3.63, 3.8) is 0 Å². The monoisotopic (exact) mass is 279 g/mol. The zero-order valence-electron chi connectivity index (χ0n) is 12.3. The predicted octanol–water partition coefficient (Wildman–Crippen LogP) is 2.78. The first-order valence-electron chi connectivity index (χ1n) is 6.97. The van der Waals surface area contributed by atoms with E-state index in [2.05, 4.69) is 4.98 Å². The number of carbonyl (C=O) groups excluding carboxylic acids is 2. The van der Waals surface area contributed by atoms with Crippen molar-refractivity contribution in [3.8, 4) is 0 Å². The molecule has 5 nitrogen and oxygen atoms in total. The minimum atomic E-state index is -0.585. The second kappa shape index (κ2) is 8.30. The van der Waals surface area contributed by atoms with Crippen LogP contribution in [0.25, 0.3) is 0 Å².